The molecule has 3 aromatic rings. The molecule has 4 nitrogen and oxygen atoms in total. The number of nitrogens with zero attached hydrogens (tertiary/aromatic N) is 1. The van der Waals surface area contributed by atoms with Crippen LogP contribution < -0.4 is 44.3 Å². The second-order valence-electron chi connectivity index (χ2n) is 7.58. The molecule has 0 aromatic heterocycles. The number of carboxylic acid groups (broad SMARTS) is 1. The summed E-state index contributed by atoms with van der Waals surface area (Å²) in [6.07, 6.45) is 1.37. The van der Waals surface area contributed by atoms with E-state index < -0.39 is 24.0 Å². The molecule has 0 bridgehead atoms. The number of hydrogen-bond donors (Lipinski definition) is 0. The zero-order valence-corrected chi connectivity index (χ0v) is 19.9. The minimum Gasteiger partial charge on any atom is -0.550 e. The smallest absolute Gasteiger partial charge is 0.550 e. The van der Waals surface area contributed by atoms with E-state index in [-0.39, 0.29) is 53.9 Å². The number of carboxylic acids is 1. The fraction of sp³-hybridized carbons (Fsp3) is 0.240. The van der Waals surface area contributed by atoms with Crippen LogP contribution in [0.1, 0.15) is 29.5 Å². The Bertz CT molecular complexity index is 1070. The van der Waals surface area contributed by atoms with Crippen molar-refractivity contribution >= 4 is 17.3 Å². The zero-order chi connectivity index (χ0) is 21.8. The van der Waals surface area contributed by atoms with Gasteiger partial charge in [0.25, 0.3) is 0 Å². The third-order valence-electron chi connectivity index (χ3n) is 5.44. The number of rotatable bonds is 7. The van der Waals surface area contributed by atoms with Gasteiger partial charge in [0.15, 0.2) is 0 Å². The third kappa shape index (κ3) is 5.68. The Morgan fingerprint density at radius 2 is 1.75 bits per heavy atom. The van der Waals surface area contributed by atoms with Gasteiger partial charge in [-0.3, -0.25) is 0 Å². The van der Waals surface area contributed by atoms with Crippen LogP contribution in [0.25, 0.3) is 0 Å². The van der Waals surface area contributed by atoms with E-state index >= 15 is 0 Å². The molecule has 32 heavy (non-hydrogen) atoms. The molecule has 0 saturated heterocycles. The largest absolute Gasteiger partial charge is 1.00 e. The first-order valence-electron chi connectivity index (χ1n) is 10.3. The summed E-state index contributed by atoms with van der Waals surface area (Å²) in [6.45, 7) is 1.08. The molecular weight excluding hydrogens is 423 g/mol. The molecule has 0 aliphatic carbocycles. The first-order chi connectivity index (χ1) is 15.0. The van der Waals surface area contributed by atoms with Crippen molar-refractivity contribution < 1.29 is 53.0 Å². The first-order valence-corrected chi connectivity index (χ1v) is 10.3. The van der Waals surface area contributed by atoms with Crippen LogP contribution in [0.2, 0.25) is 0 Å². The molecule has 0 saturated carbocycles. The van der Waals surface area contributed by atoms with Gasteiger partial charge >= 0.3 is 29.6 Å². The van der Waals surface area contributed by atoms with Crippen molar-refractivity contribution in [1.82, 2.24) is 0 Å². The summed E-state index contributed by atoms with van der Waals surface area (Å²) < 4.78 is 34.1. The van der Waals surface area contributed by atoms with Crippen LogP contribution in [-0.2, 0) is 24.2 Å². The van der Waals surface area contributed by atoms with Gasteiger partial charge in [0, 0.05) is 41.6 Å². The summed E-state index contributed by atoms with van der Waals surface area (Å²) in [5, 5.41) is 10.6. The number of hydrogen-bond acceptors (Lipinski definition) is 4. The summed E-state index contributed by atoms with van der Waals surface area (Å²) >= 11 is 0. The Morgan fingerprint density at radius 3 is 2.44 bits per heavy atom. The summed E-state index contributed by atoms with van der Waals surface area (Å²) in [5.74, 6) is -2.94. The Labute approximate surface area is 208 Å². The monoisotopic (exact) mass is 445 g/mol. The third-order valence-corrected chi connectivity index (χ3v) is 5.44. The Morgan fingerprint density at radius 1 is 1.03 bits per heavy atom. The van der Waals surface area contributed by atoms with Crippen LogP contribution in [0.5, 0.6) is 5.75 Å². The molecule has 4 rings (SSSR count). The van der Waals surface area contributed by atoms with Crippen LogP contribution in [-0.4, -0.2) is 12.5 Å². The molecule has 0 radical (unpaired) electrons. The molecule has 0 amide bonds. The van der Waals surface area contributed by atoms with Gasteiger partial charge in [-0.2, -0.15) is 0 Å². The van der Waals surface area contributed by atoms with Gasteiger partial charge in [0.2, 0.25) is 0 Å². The number of ether oxygens (including phenoxy) is 1. The van der Waals surface area contributed by atoms with Gasteiger partial charge in [-0.1, -0.05) is 30.3 Å². The molecule has 0 spiro atoms. The number of aryl methyl sites for hydroxylation is 1. The number of aliphatic carboxylic acids is 1. The van der Waals surface area contributed by atoms with Crippen molar-refractivity contribution in [2.24, 2.45) is 0 Å². The molecule has 1 aliphatic heterocycles. The maximum Gasteiger partial charge on any atom is 1.00 e. The molecule has 0 fully saturated rings. The molecule has 160 valence electrons. The summed E-state index contributed by atoms with van der Waals surface area (Å²) in [6, 6.07) is 18.4. The van der Waals surface area contributed by atoms with E-state index in [1.54, 1.807) is 0 Å². The fourth-order valence-electron chi connectivity index (χ4n) is 3.88. The number of halogens is 2. The average Bonchev–Trinajstić information content (AvgIpc) is 2.77. The average molecular weight is 445 g/mol. The second-order valence-corrected chi connectivity index (χ2v) is 7.58. The predicted molar refractivity (Wildman–Crippen MR) is 112 cm³/mol. The number of anilines is 2. The molecular formula is C25H22F2NNaO3. The van der Waals surface area contributed by atoms with Gasteiger partial charge in [0.1, 0.15) is 24.0 Å². The van der Waals surface area contributed by atoms with Crippen molar-refractivity contribution in [3.63, 3.8) is 0 Å². The van der Waals surface area contributed by atoms with E-state index in [0.717, 1.165) is 48.5 Å². The first kappa shape index (κ1) is 24.2. The van der Waals surface area contributed by atoms with E-state index in [1.807, 2.05) is 24.3 Å². The van der Waals surface area contributed by atoms with Crippen molar-refractivity contribution in [1.29, 1.82) is 0 Å². The molecule has 1 heterocycles. The molecule has 1 aliphatic rings. The quantitative estimate of drug-likeness (QED) is 0.515. The Kier molecular flexibility index (Phi) is 8.29. The Hall–Kier alpha value is -2.41. The minimum atomic E-state index is -1.35. The fourth-order valence-corrected chi connectivity index (χ4v) is 3.88. The number of para-hydroxylation sites is 1. The normalized spacial score (nSPS) is 12.6. The van der Waals surface area contributed by atoms with Crippen LogP contribution in [0, 0.1) is 11.6 Å². The van der Waals surface area contributed by atoms with Gasteiger partial charge < -0.3 is 19.5 Å². The summed E-state index contributed by atoms with van der Waals surface area (Å²) in [7, 11) is 0. The predicted octanol–water partition coefficient (Wildman–Crippen LogP) is 1.31. The van der Waals surface area contributed by atoms with Gasteiger partial charge in [-0.25, -0.2) is 8.78 Å². The van der Waals surface area contributed by atoms with Crippen LogP contribution in [0.3, 0.4) is 0 Å². The van der Waals surface area contributed by atoms with Crippen LogP contribution in [0.15, 0.2) is 60.7 Å². The van der Waals surface area contributed by atoms with E-state index in [0.29, 0.717) is 0 Å². The second kappa shape index (κ2) is 10.9. The Balaban J connectivity index is 0.00000289. The molecule has 7 heteroatoms. The van der Waals surface area contributed by atoms with E-state index in [1.165, 1.54) is 5.56 Å². The summed E-state index contributed by atoms with van der Waals surface area (Å²) in [5.41, 5.74) is 4.12. The van der Waals surface area contributed by atoms with Crippen molar-refractivity contribution in [3.8, 4) is 5.75 Å². The number of carbonyl (C=O) groups excluding carboxylic acids is 1. The van der Waals surface area contributed by atoms with Crippen molar-refractivity contribution in [3.05, 3.63) is 89.0 Å². The topological polar surface area (TPSA) is 52.6 Å². The van der Waals surface area contributed by atoms with E-state index in [4.69, 9.17) is 4.74 Å². The van der Waals surface area contributed by atoms with Gasteiger partial charge in [0.05, 0.1) is 0 Å². The maximum absolute atomic E-state index is 14.2. The minimum absolute atomic E-state index is 0. The molecule has 0 N–H and O–H groups in total. The van der Waals surface area contributed by atoms with Gasteiger partial charge in [-0.15, -0.1) is 0 Å². The number of benzene rings is 3. The van der Waals surface area contributed by atoms with Crippen LogP contribution in [0.4, 0.5) is 20.2 Å². The van der Waals surface area contributed by atoms with E-state index in [2.05, 4.69) is 29.2 Å². The van der Waals surface area contributed by atoms with Crippen molar-refractivity contribution in [2.75, 3.05) is 11.4 Å². The standard InChI is InChI=1S/C25H23F2NO3.Na/c26-22-14-20(15-23(27)21(22)10-11-25(29)30)31-16-17-8-9-18-5-4-12-28(24(18)13-17)19-6-2-1-3-7-19;/h1-3,6-9,13-15H,4-5,10-12,16H2,(H,29,30);/q;+1/p-1. The summed E-state index contributed by atoms with van der Waals surface area (Å²) in [4.78, 5) is 12.8. The number of fused-ring (bicyclic) bond motifs is 1. The SMILES string of the molecule is O=C([O-])CCc1c(F)cc(OCc2ccc3c(c2)N(c2ccccc2)CCC3)cc1F.[Na+]. The number of carbonyl (C=O) groups is 1. The molecule has 0 unspecified atom stereocenters. The molecule has 0 atom stereocenters. The maximum atomic E-state index is 14.2. The zero-order valence-electron chi connectivity index (χ0n) is 17.9. The van der Waals surface area contributed by atoms with Crippen molar-refractivity contribution in [2.45, 2.75) is 32.3 Å². The van der Waals surface area contributed by atoms with Gasteiger partial charge in [-0.05, 0) is 55.0 Å². The van der Waals surface area contributed by atoms with Crippen LogP contribution >= 0.6 is 0 Å². The van der Waals surface area contributed by atoms with E-state index in [9.17, 15) is 18.7 Å². The molecule has 3 aromatic carbocycles.